The number of hydrogen-bond donors (Lipinski definition) is 1. The zero-order valence-electron chi connectivity index (χ0n) is 12.9. The second kappa shape index (κ2) is 15.6. The van der Waals surface area contributed by atoms with E-state index in [2.05, 4.69) is 62.1 Å². The monoisotopic (exact) mass is 274 g/mol. The third kappa shape index (κ3) is 16.5. The van der Waals surface area contributed by atoms with Gasteiger partial charge in [-0.05, 0) is 44.9 Å². The van der Waals surface area contributed by atoms with Crippen LogP contribution in [0.15, 0.2) is 60.9 Å². The average molecular weight is 274 g/mol. The summed E-state index contributed by atoms with van der Waals surface area (Å²) in [6, 6.07) is 0. The van der Waals surface area contributed by atoms with Crippen molar-refractivity contribution in [3.8, 4) is 0 Å². The van der Waals surface area contributed by atoms with Crippen LogP contribution in [0, 0.1) is 0 Å². The first-order chi connectivity index (χ1) is 9.77. The van der Waals surface area contributed by atoms with Crippen molar-refractivity contribution in [2.45, 2.75) is 58.3 Å². The lowest BCUT2D eigenvalue weighted by Gasteiger charge is -1.95. The van der Waals surface area contributed by atoms with Crippen molar-refractivity contribution in [1.29, 1.82) is 0 Å². The Morgan fingerprint density at radius 3 is 1.80 bits per heavy atom. The van der Waals surface area contributed by atoms with Crippen LogP contribution in [0.1, 0.15) is 58.3 Å². The minimum atomic E-state index is 0.301. The van der Waals surface area contributed by atoms with Crippen LogP contribution in [0.5, 0.6) is 0 Å². The topological polar surface area (TPSA) is 20.2 Å². The predicted molar refractivity (Wildman–Crippen MR) is 90.9 cm³/mol. The van der Waals surface area contributed by atoms with Gasteiger partial charge in [0, 0.05) is 6.42 Å². The molecule has 0 aromatic heterocycles. The minimum absolute atomic E-state index is 0.301. The zero-order chi connectivity index (χ0) is 14.9. The lowest BCUT2D eigenvalue weighted by atomic mass is 10.1. The molecule has 0 spiro atoms. The molecule has 0 unspecified atom stereocenters. The number of aliphatic hydroxyl groups excluding tert-OH is 1. The van der Waals surface area contributed by atoms with E-state index in [9.17, 15) is 0 Å². The largest absolute Gasteiger partial charge is 0.513 e. The number of rotatable bonds is 12. The standard InChI is InChI=1S/C19H30O/c1-3-4-5-6-7-8-9-10-11-12-13-14-15-16-17-18-19(2)20/h4-5,7-8,10-11,13-14,20H,2-3,6,9,12,15-18H2,1H3/b5-4-,8-7-,11-10-,14-13-. The lowest BCUT2D eigenvalue weighted by Crippen LogP contribution is -1.79. The molecule has 0 radical (unpaired) electrons. The molecule has 1 nitrogen and oxygen atoms in total. The Hall–Kier alpha value is -1.50. The second-order valence-electron chi connectivity index (χ2n) is 4.81. The van der Waals surface area contributed by atoms with E-state index in [-0.39, 0.29) is 0 Å². The molecule has 0 heterocycles. The zero-order valence-corrected chi connectivity index (χ0v) is 12.9. The third-order valence-electron chi connectivity index (χ3n) is 2.81. The van der Waals surface area contributed by atoms with Crippen LogP contribution in [0.2, 0.25) is 0 Å². The Labute approximate surface area is 125 Å². The molecule has 0 aromatic rings. The minimum Gasteiger partial charge on any atom is -0.513 e. The first-order valence-corrected chi connectivity index (χ1v) is 7.74. The van der Waals surface area contributed by atoms with Crippen LogP contribution in [-0.2, 0) is 0 Å². The van der Waals surface area contributed by atoms with Gasteiger partial charge in [-0.15, -0.1) is 0 Å². The maximum absolute atomic E-state index is 8.93. The fourth-order valence-corrected chi connectivity index (χ4v) is 1.69. The molecule has 0 atom stereocenters. The van der Waals surface area contributed by atoms with Crippen LogP contribution in [0.3, 0.4) is 0 Å². The number of aliphatic hydroxyl groups is 1. The smallest absolute Gasteiger partial charge is 0.0851 e. The molecule has 0 amide bonds. The van der Waals surface area contributed by atoms with Crippen LogP contribution in [-0.4, -0.2) is 5.11 Å². The van der Waals surface area contributed by atoms with E-state index < -0.39 is 0 Å². The SMILES string of the molecule is C=C(O)CCCC/C=C\C/C=C\C/C=C\C/C=C\CC. The third-order valence-corrected chi connectivity index (χ3v) is 2.81. The molecular formula is C19H30O. The van der Waals surface area contributed by atoms with Crippen LogP contribution in [0.25, 0.3) is 0 Å². The van der Waals surface area contributed by atoms with E-state index in [4.69, 9.17) is 5.11 Å². The fourth-order valence-electron chi connectivity index (χ4n) is 1.69. The summed E-state index contributed by atoms with van der Waals surface area (Å²) in [6.07, 6.45) is 25.8. The van der Waals surface area contributed by atoms with Gasteiger partial charge in [-0.1, -0.05) is 62.1 Å². The number of allylic oxidation sites excluding steroid dienone is 9. The normalized spacial score (nSPS) is 12.4. The van der Waals surface area contributed by atoms with Gasteiger partial charge in [-0.2, -0.15) is 0 Å². The van der Waals surface area contributed by atoms with Gasteiger partial charge in [0.15, 0.2) is 0 Å². The van der Waals surface area contributed by atoms with Crippen LogP contribution in [0.4, 0.5) is 0 Å². The van der Waals surface area contributed by atoms with Crippen LogP contribution >= 0.6 is 0 Å². The molecule has 0 fully saturated rings. The van der Waals surface area contributed by atoms with Crippen molar-refractivity contribution < 1.29 is 5.11 Å². The Morgan fingerprint density at radius 2 is 1.30 bits per heavy atom. The van der Waals surface area contributed by atoms with Crippen molar-refractivity contribution >= 4 is 0 Å². The van der Waals surface area contributed by atoms with Gasteiger partial charge in [-0.3, -0.25) is 0 Å². The van der Waals surface area contributed by atoms with Gasteiger partial charge in [0.1, 0.15) is 0 Å². The summed E-state index contributed by atoms with van der Waals surface area (Å²) in [4.78, 5) is 0. The van der Waals surface area contributed by atoms with Crippen molar-refractivity contribution in [2.24, 2.45) is 0 Å². The van der Waals surface area contributed by atoms with E-state index in [0.717, 1.165) is 51.4 Å². The van der Waals surface area contributed by atoms with Gasteiger partial charge in [0.05, 0.1) is 5.76 Å². The van der Waals surface area contributed by atoms with Gasteiger partial charge >= 0.3 is 0 Å². The quantitative estimate of drug-likeness (QED) is 0.247. The molecule has 1 N–H and O–H groups in total. The van der Waals surface area contributed by atoms with Crippen molar-refractivity contribution in [1.82, 2.24) is 0 Å². The van der Waals surface area contributed by atoms with Gasteiger partial charge in [0.2, 0.25) is 0 Å². The number of hydrogen-bond acceptors (Lipinski definition) is 1. The van der Waals surface area contributed by atoms with Gasteiger partial charge in [-0.25, -0.2) is 0 Å². The van der Waals surface area contributed by atoms with E-state index in [1.807, 2.05) is 0 Å². The molecule has 20 heavy (non-hydrogen) atoms. The first kappa shape index (κ1) is 18.5. The summed E-state index contributed by atoms with van der Waals surface area (Å²) < 4.78 is 0. The Kier molecular flexibility index (Phi) is 14.4. The number of unbranched alkanes of at least 4 members (excludes halogenated alkanes) is 2. The highest BCUT2D eigenvalue weighted by atomic mass is 16.3. The molecule has 0 bridgehead atoms. The highest BCUT2D eigenvalue weighted by Gasteiger charge is 1.88. The summed E-state index contributed by atoms with van der Waals surface area (Å²) in [5.74, 6) is 0.301. The Balaban J connectivity index is 3.38. The highest BCUT2D eigenvalue weighted by Crippen LogP contribution is 2.05. The highest BCUT2D eigenvalue weighted by molar-refractivity contribution is 4.99. The second-order valence-corrected chi connectivity index (χ2v) is 4.81. The summed E-state index contributed by atoms with van der Waals surface area (Å²) in [5, 5.41) is 8.93. The lowest BCUT2D eigenvalue weighted by molar-refractivity contribution is 0.385. The average Bonchev–Trinajstić information content (AvgIpc) is 2.43. The summed E-state index contributed by atoms with van der Waals surface area (Å²) in [6.45, 7) is 5.63. The molecule has 0 saturated carbocycles. The van der Waals surface area contributed by atoms with E-state index in [1.165, 1.54) is 0 Å². The van der Waals surface area contributed by atoms with Crippen molar-refractivity contribution in [2.75, 3.05) is 0 Å². The van der Waals surface area contributed by atoms with E-state index in [1.54, 1.807) is 0 Å². The molecule has 0 aromatic carbocycles. The Bertz CT molecular complexity index is 332. The predicted octanol–water partition coefficient (Wildman–Crippen LogP) is 6.42. The molecule has 0 saturated heterocycles. The maximum Gasteiger partial charge on any atom is 0.0851 e. The van der Waals surface area contributed by atoms with Gasteiger partial charge < -0.3 is 5.11 Å². The molecular weight excluding hydrogens is 244 g/mol. The summed E-state index contributed by atoms with van der Waals surface area (Å²) >= 11 is 0. The molecule has 0 rings (SSSR count). The molecule has 0 aliphatic rings. The molecule has 1 heteroatoms. The van der Waals surface area contributed by atoms with Gasteiger partial charge in [0.25, 0.3) is 0 Å². The summed E-state index contributed by atoms with van der Waals surface area (Å²) in [7, 11) is 0. The molecule has 0 aliphatic heterocycles. The van der Waals surface area contributed by atoms with Crippen LogP contribution < -0.4 is 0 Å². The molecule has 0 aliphatic carbocycles. The maximum atomic E-state index is 8.93. The summed E-state index contributed by atoms with van der Waals surface area (Å²) in [5.41, 5.74) is 0. The first-order valence-electron chi connectivity index (χ1n) is 7.74. The van der Waals surface area contributed by atoms with Crippen molar-refractivity contribution in [3.63, 3.8) is 0 Å². The fraction of sp³-hybridized carbons (Fsp3) is 0.474. The van der Waals surface area contributed by atoms with Crippen molar-refractivity contribution in [3.05, 3.63) is 60.9 Å². The van der Waals surface area contributed by atoms with E-state index in [0.29, 0.717) is 5.76 Å². The van der Waals surface area contributed by atoms with E-state index >= 15 is 0 Å². The molecule has 112 valence electrons. The Morgan fingerprint density at radius 1 is 0.800 bits per heavy atom.